The van der Waals surface area contributed by atoms with Crippen molar-refractivity contribution in [3.63, 3.8) is 0 Å². The molecule has 3 aromatic carbocycles. The number of hydrogen-bond donors (Lipinski definition) is 1. The molecule has 0 radical (unpaired) electrons. The van der Waals surface area contributed by atoms with Crippen molar-refractivity contribution in [1.29, 1.82) is 0 Å². The van der Waals surface area contributed by atoms with Crippen LogP contribution in [-0.2, 0) is 26.2 Å². The summed E-state index contributed by atoms with van der Waals surface area (Å²) >= 11 is 25.0. The van der Waals surface area contributed by atoms with Crippen molar-refractivity contribution in [3.8, 4) is 0 Å². The van der Waals surface area contributed by atoms with Crippen LogP contribution in [0.1, 0.15) is 37.8 Å². The molecule has 0 aromatic heterocycles. The highest BCUT2D eigenvalue weighted by atomic mass is 35.5. The third-order valence-electron chi connectivity index (χ3n) is 6.42. The molecule has 0 saturated carbocycles. The Morgan fingerprint density at radius 1 is 0.927 bits per heavy atom. The lowest BCUT2D eigenvalue weighted by Gasteiger charge is -2.32. The van der Waals surface area contributed by atoms with Crippen LogP contribution in [0.4, 0.5) is 5.69 Å². The Labute approximate surface area is 261 Å². The zero-order valence-corrected chi connectivity index (χ0v) is 26.7. The minimum absolute atomic E-state index is 0.0280. The Hall–Kier alpha value is -2.49. The first-order valence-corrected chi connectivity index (χ1v) is 15.9. The first kappa shape index (κ1) is 33.0. The molecule has 41 heavy (non-hydrogen) atoms. The first-order valence-electron chi connectivity index (χ1n) is 12.9. The summed E-state index contributed by atoms with van der Waals surface area (Å²) in [7, 11) is -4.28. The van der Waals surface area contributed by atoms with Gasteiger partial charge in [0.05, 0.1) is 30.7 Å². The molecular formula is C29H31Cl4N3O4S. The monoisotopic (exact) mass is 657 g/mol. The van der Waals surface area contributed by atoms with Gasteiger partial charge in [0.15, 0.2) is 0 Å². The maximum absolute atomic E-state index is 14.0. The predicted molar refractivity (Wildman–Crippen MR) is 167 cm³/mol. The SMILES string of the molecule is CCCCNC(=O)[C@H](C)N(Cc1ccc(Cl)c(Cl)c1)C(=O)CN(c1cccc(Cl)c1Cl)S(=O)(=O)c1ccc(C)cc1. The highest BCUT2D eigenvalue weighted by Crippen LogP contribution is 2.35. The van der Waals surface area contributed by atoms with E-state index in [-0.39, 0.29) is 38.1 Å². The molecule has 0 aliphatic carbocycles. The molecule has 0 spiro atoms. The smallest absolute Gasteiger partial charge is 0.264 e. The number of amides is 2. The van der Waals surface area contributed by atoms with Crippen LogP contribution in [0.2, 0.25) is 20.1 Å². The van der Waals surface area contributed by atoms with Gasteiger partial charge in [-0.15, -0.1) is 0 Å². The number of benzene rings is 3. The fourth-order valence-corrected chi connectivity index (χ4v) is 6.18. The highest BCUT2D eigenvalue weighted by Gasteiger charge is 2.33. The topological polar surface area (TPSA) is 86.8 Å². The Bertz CT molecular complexity index is 1500. The minimum Gasteiger partial charge on any atom is -0.354 e. The molecule has 0 aliphatic heterocycles. The predicted octanol–water partition coefficient (Wildman–Crippen LogP) is 7.14. The van der Waals surface area contributed by atoms with Gasteiger partial charge in [-0.25, -0.2) is 8.42 Å². The fraction of sp³-hybridized carbons (Fsp3) is 0.310. The number of nitrogens with zero attached hydrogens (tertiary/aromatic N) is 2. The number of sulfonamides is 1. The number of halogens is 4. The summed E-state index contributed by atoms with van der Waals surface area (Å²) in [6, 6.07) is 14.7. The van der Waals surface area contributed by atoms with E-state index >= 15 is 0 Å². The molecule has 220 valence electrons. The average Bonchev–Trinajstić information content (AvgIpc) is 2.93. The van der Waals surface area contributed by atoms with Crippen LogP contribution < -0.4 is 9.62 Å². The number of hydrogen-bond acceptors (Lipinski definition) is 4. The quantitative estimate of drug-likeness (QED) is 0.210. The molecule has 12 heteroatoms. The number of aryl methyl sites for hydroxylation is 1. The standard InChI is InChI=1S/C29H31Cl4N3O4S/c1-4-5-15-34-29(38)20(3)35(17-21-11-14-23(30)25(32)16-21)27(37)18-36(26-8-6-7-24(31)28(26)33)41(39,40)22-12-9-19(2)10-13-22/h6-14,16,20H,4-5,15,17-18H2,1-3H3,(H,34,38)/t20-/m0/s1. The van der Waals surface area contributed by atoms with Gasteiger partial charge >= 0.3 is 0 Å². The van der Waals surface area contributed by atoms with Gasteiger partial charge in [0.25, 0.3) is 10.0 Å². The number of unbranched alkanes of at least 4 members (excludes halogenated alkanes) is 1. The van der Waals surface area contributed by atoms with Crippen LogP contribution in [0.15, 0.2) is 65.6 Å². The van der Waals surface area contributed by atoms with E-state index < -0.39 is 28.5 Å². The van der Waals surface area contributed by atoms with Gasteiger partial charge < -0.3 is 10.2 Å². The summed E-state index contributed by atoms with van der Waals surface area (Å²) in [5.41, 5.74) is 1.50. The Kier molecular flexibility index (Phi) is 11.8. The van der Waals surface area contributed by atoms with Gasteiger partial charge in [-0.05, 0) is 62.2 Å². The van der Waals surface area contributed by atoms with Crippen LogP contribution in [-0.4, -0.2) is 44.3 Å². The fourth-order valence-electron chi connectivity index (χ4n) is 3.99. The summed E-state index contributed by atoms with van der Waals surface area (Å²) in [5, 5.41) is 3.55. The number of carbonyl (C=O) groups excluding carboxylic acids is 2. The zero-order chi connectivity index (χ0) is 30.3. The number of anilines is 1. The second-order valence-electron chi connectivity index (χ2n) is 9.49. The van der Waals surface area contributed by atoms with Gasteiger partial charge in [0.1, 0.15) is 12.6 Å². The van der Waals surface area contributed by atoms with Gasteiger partial charge in [-0.3, -0.25) is 13.9 Å². The zero-order valence-electron chi connectivity index (χ0n) is 22.8. The second-order valence-corrected chi connectivity index (χ2v) is 13.0. The van der Waals surface area contributed by atoms with Crippen LogP contribution in [0.25, 0.3) is 0 Å². The van der Waals surface area contributed by atoms with Gasteiger partial charge in [0, 0.05) is 13.1 Å². The van der Waals surface area contributed by atoms with Crippen molar-refractivity contribution in [2.45, 2.75) is 51.1 Å². The molecule has 0 saturated heterocycles. The summed E-state index contributed by atoms with van der Waals surface area (Å²) in [4.78, 5) is 28.3. The molecule has 0 aliphatic rings. The highest BCUT2D eigenvalue weighted by molar-refractivity contribution is 7.92. The first-order chi connectivity index (χ1) is 19.4. The Morgan fingerprint density at radius 3 is 2.24 bits per heavy atom. The Balaban J connectivity index is 2.06. The van der Waals surface area contributed by atoms with E-state index in [1.54, 1.807) is 43.3 Å². The maximum Gasteiger partial charge on any atom is 0.264 e. The third kappa shape index (κ3) is 8.30. The summed E-state index contributed by atoms with van der Waals surface area (Å²) in [5.74, 6) is -1.01. The number of carbonyl (C=O) groups is 2. The summed E-state index contributed by atoms with van der Waals surface area (Å²) in [6.45, 7) is 5.19. The molecular weight excluding hydrogens is 628 g/mol. The number of rotatable bonds is 12. The normalized spacial score (nSPS) is 12.1. The molecule has 0 fully saturated rings. The van der Waals surface area contributed by atoms with Crippen LogP contribution in [0, 0.1) is 6.92 Å². The molecule has 3 rings (SSSR count). The van der Waals surface area contributed by atoms with Crippen LogP contribution in [0.3, 0.4) is 0 Å². The molecule has 2 amide bonds. The van der Waals surface area contributed by atoms with Crippen molar-refractivity contribution in [1.82, 2.24) is 10.2 Å². The van der Waals surface area contributed by atoms with Crippen LogP contribution in [0.5, 0.6) is 0 Å². The maximum atomic E-state index is 14.0. The van der Waals surface area contributed by atoms with Crippen molar-refractivity contribution in [3.05, 3.63) is 91.9 Å². The van der Waals surface area contributed by atoms with Crippen molar-refractivity contribution in [2.75, 3.05) is 17.4 Å². The van der Waals surface area contributed by atoms with Gasteiger partial charge in [-0.2, -0.15) is 0 Å². The lowest BCUT2D eigenvalue weighted by Crippen LogP contribution is -2.51. The van der Waals surface area contributed by atoms with Crippen molar-refractivity contribution >= 4 is 73.9 Å². The van der Waals surface area contributed by atoms with Crippen molar-refractivity contribution in [2.24, 2.45) is 0 Å². The van der Waals surface area contributed by atoms with Gasteiger partial charge in [-0.1, -0.05) is 89.6 Å². The average molecular weight is 659 g/mol. The van der Waals surface area contributed by atoms with Crippen LogP contribution >= 0.6 is 46.4 Å². The van der Waals surface area contributed by atoms with E-state index in [4.69, 9.17) is 46.4 Å². The molecule has 1 N–H and O–H groups in total. The van der Waals surface area contributed by atoms with E-state index in [1.165, 1.54) is 29.2 Å². The molecule has 0 heterocycles. The van der Waals surface area contributed by atoms with Gasteiger partial charge in [0.2, 0.25) is 11.8 Å². The molecule has 7 nitrogen and oxygen atoms in total. The molecule has 0 unspecified atom stereocenters. The Morgan fingerprint density at radius 2 is 1.61 bits per heavy atom. The molecule has 1 atom stereocenters. The second kappa shape index (κ2) is 14.6. The third-order valence-corrected chi connectivity index (χ3v) is 9.74. The van der Waals surface area contributed by atoms with E-state index in [1.807, 2.05) is 13.8 Å². The molecule has 3 aromatic rings. The van der Waals surface area contributed by atoms with E-state index in [0.29, 0.717) is 17.1 Å². The van der Waals surface area contributed by atoms with Crippen molar-refractivity contribution < 1.29 is 18.0 Å². The van der Waals surface area contributed by atoms with E-state index in [2.05, 4.69) is 5.32 Å². The molecule has 0 bridgehead atoms. The largest absolute Gasteiger partial charge is 0.354 e. The number of nitrogens with one attached hydrogen (secondary N) is 1. The lowest BCUT2D eigenvalue weighted by molar-refractivity contribution is -0.139. The lowest BCUT2D eigenvalue weighted by atomic mass is 10.1. The minimum atomic E-state index is -4.28. The van der Waals surface area contributed by atoms with E-state index in [9.17, 15) is 18.0 Å². The van der Waals surface area contributed by atoms with E-state index in [0.717, 1.165) is 22.7 Å². The summed E-state index contributed by atoms with van der Waals surface area (Å²) < 4.78 is 28.8. The summed E-state index contributed by atoms with van der Waals surface area (Å²) in [6.07, 6.45) is 1.65.